The Morgan fingerprint density at radius 3 is 2.62 bits per heavy atom. The maximum Gasteiger partial charge on any atom is 0.240 e. The van der Waals surface area contributed by atoms with Crippen LogP contribution in [-0.2, 0) is 21.2 Å². The zero-order valence-corrected chi connectivity index (χ0v) is 16.1. The van der Waals surface area contributed by atoms with Gasteiger partial charge in [0.1, 0.15) is 0 Å². The molecule has 0 bridgehead atoms. The molecular weight excluding hydrogens is 348 g/mol. The molecule has 1 aliphatic rings. The molecule has 1 heterocycles. The number of carbonyl (C=O) groups is 1. The van der Waals surface area contributed by atoms with E-state index in [1.165, 1.54) is 0 Å². The molecule has 0 aliphatic carbocycles. The van der Waals surface area contributed by atoms with Crippen molar-refractivity contribution in [2.75, 3.05) is 11.4 Å². The number of anilines is 1. The van der Waals surface area contributed by atoms with E-state index in [-0.39, 0.29) is 29.8 Å². The van der Waals surface area contributed by atoms with Crippen LogP contribution in [0.15, 0.2) is 47.4 Å². The number of para-hydroxylation sites is 1. The fraction of sp³-hybridized carbons (Fsp3) is 0.350. The van der Waals surface area contributed by atoms with E-state index in [2.05, 4.69) is 4.72 Å². The molecular formula is C20H24N2O3S. The lowest BCUT2D eigenvalue weighted by Gasteiger charge is -2.22. The number of hydrogen-bond acceptors (Lipinski definition) is 3. The highest BCUT2D eigenvalue weighted by atomic mass is 32.2. The molecule has 6 heteroatoms. The van der Waals surface area contributed by atoms with Gasteiger partial charge in [-0.25, -0.2) is 13.1 Å². The van der Waals surface area contributed by atoms with Crippen LogP contribution in [0.5, 0.6) is 0 Å². The first-order valence-corrected chi connectivity index (χ1v) is 10.2. The number of nitrogens with zero attached hydrogens (tertiary/aromatic N) is 1. The molecule has 0 aromatic heterocycles. The van der Waals surface area contributed by atoms with E-state index in [0.29, 0.717) is 0 Å². The van der Waals surface area contributed by atoms with E-state index in [1.807, 2.05) is 45.0 Å². The van der Waals surface area contributed by atoms with E-state index in [1.54, 1.807) is 23.1 Å². The molecule has 0 saturated carbocycles. The molecule has 0 spiro atoms. The van der Waals surface area contributed by atoms with Crippen LogP contribution in [0.2, 0.25) is 0 Å². The van der Waals surface area contributed by atoms with Crippen LogP contribution < -0.4 is 9.62 Å². The maximum absolute atomic E-state index is 12.6. The monoisotopic (exact) mass is 372 g/mol. The Hall–Kier alpha value is -2.18. The van der Waals surface area contributed by atoms with Crippen molar-refractivity contribution in [3.63, 3.8) is 0 Å². The van der Waals surface area contributed by atoms with Crippen LogP contribution >= 0.6 is 0 Å². The third kappa shape index (κ3) is 3.66. The summed E-state index contributed by atoms with van der Waals surface area (Å²) in [6.07, 6.45) is 0.957. The van der Waals surface area contributed by atoms with Crippen molar-refractivity contribution in [1.82, 2.24) is 4.72 Å². The predicted molar refractivity (Wildman–Crippen MR) is 103 cm³/mol. The van der Waals surface area contributed by atoms with Gasteiger partial charge in [0.25, 0.3) is 0 Å². The third-order valence-electron chi connectivity index (χ3n) is 4.90. The first kappa shape index (κ1) is 18.6. The number of fused-ring (bicyclic) bond motifs is 1. The van der Waals surface area contributed by atoms with Crippen molar-refractivity contribution in [2.45, 2.75) is 44.6 Å². The third-order valence-corrected chi connectivity index (χ3v) is 6.35. The number of rotatable bonds is 5. The van der Waals surface area contributed by atoms with Gasteiger partial charge in [-0.3, -0.25) is 4.79 Å². The molecule has 2 aromatic rings. The predicted octanol–water partition coefficient (Wildman–Crippen LogP) is 2.95. The summed E-state index contributed by atoms with van der Waals surface area (Å²) >= 11 is 0. The van der Waals surface area contributed by atoms with Crippen LogP contribution in [0, 0.1) is 13.8 Å². The normalized spacial score (nSPS) is 16.6. The highest BCUT2D eigenvalue weighted by molar-refractivity contribution is 7.89. The van der Waals surface area contributed by atoms with Gasteiger partial charge in [-0.05, 0) is 62.1 Å². The van der Waals surface area contributed by atoms with Gasteiger partial charge in [0, 0.05) is 24.7 Å². The fourth-order valence-electron chi connectivity index (χ4n) is 3.32. The molecule has 1 aliphatic heterocycles. The molecule has 138 valence electrons. The quantitative estimate of drug-likeness (QED) is 0.877. The largest absolute Gasteiger partial charge is 0.309 e. The lowest BCUT2D eigenvalue weighted by Crippen LogP contribution is -2.38. The van der Waals surface area contributed by atoms with E-state index in [0.717, 1.165) is 28.8 Å². The van der Waals surface area contributed by atoms with Gasteiger partial charge in [-0.2, -0.15) is 0 Å². The Bertz CT molecular complexity index is 938. The second-order valence-electron chi connectivity index (χ2n) is 6.84. The highest BCUT2D eigenvalue weighted by Crippen LogP contribution is 2.32. The standard InChI is InChI=1S/C20H24N2O3S/c1-14-8-9-18(12-15(14)2)26(24,25)21-11-10-20(23)22-16(3)13-17-6-4-5-7-19(17)22/h4-9,12,16,21H,10-11,13H2,1-3H3. The summed E-state index contributed by atoms with van der Waals surface area (Å²) in [7, 11) is -3.61. The van der Waals surface area contributed by atoms with Crippen molar-refractivity contribution >= 4 is 21.6 Å². The van der Waals surface area contributed by atoms with Crippen molar-refractivity contribution in [1.29, 1.82) is 0 Å². The van der Waals surface area contributed by atoms with E-state index < -0.39 is 10.0 Å². The number of aryl methyl sites for hydroxylation is 2. The topological polar surface area (TPSA) is 66.5 Å². The number of amides is 1. The summed E-state index contributed by atoms with van der Waals surface area (Å²) in [6, 6.07) is 13.0. The molecule has 26 heavy (non-hydrogen) atoms. The molecule has 3 rings (SSSR count). The first-order valence-electron chi connectivity index (χ1n) is 8.76. The second-order valence-corrected chi connectivity index (χ2v) is 8.61. The number of nitrogens with one attached hydrogen (secondary N) is 1. The minimum Gasteiger partial charge on any atom is -0.309 e. The van der Waals surface area contributed by atoms with Gasteiger partial charge in [0.2, 0.25) is 15.9 Å². The molecule has 0 saturated heterocycles. The van der Waals surface area contributed by atoms with Gasteiger partial charge in [-0.1, -0.05) is 24.3 Å². The summed E-state index contributed by atoms with van der Waals surface area (Å²) in [5, 5.41) is 0. The van der Waals surface area contributed by atoms with E-state index in [4.69, 9.17) is 0 Å². The van der Waals surface area contributed by atoms with Crippen LogP contribution in [0.4, 0.5) is 5.69 Å². The Morgan fingerprint density at radius 1 is 1.15 bits per heavy atom. The lowest BCUT2D eigenvalue weighted by atomic mass is 10.1. The van der Waals surface area contributed by atoms with Gasteiger partial charge in [0.05, 0.1) is 4.90 Å². The summed E-state index contributed by atoms with van der Waals surface area (Å²) in [5.41, 5.74) is 4.05. The van der Waals surface area contributed by atoms with Crippen molar-refractivity contribution in [3.05, 3.63) is 59.2 Å². The summed E-state index contributed by atoms with van der Waals surface area (Å²) in [5.74, 6) is -0.0646. The zero-order valence-electron chi connectivity index (χ0n) is 15.3. The molecule has 1 unspecified atom stereocenters. The lowest BCUT2D eigenvalue weighted by molar-refractivity contribution is -0.118. The van der Waals surface area contributed by atoms with Crippen molar-refractivity contribution in [3.8, 4) is 0 Å². The average molecular weight is 372 g/mol. The van der Waals surface area contributed by atoms with Gasteiger partial charge in [-0.15, -0.1) is 0 Å². The van der Waals surface area contributed by atoms with E-state index in [9.17, 15) is 13.2 Å². The van der Waals surface area contributed by atoms with Crippen LogP contribution in [0.3, 0.4) is 0 Å². The van der Waals surface area contributed by atoms with Gasteiger partial charge >= 0.3 is 0 Å². The van der Waals surface area contributed by atoms with Crippen LogP contribution in [0.25, 0.3) is 0 Å². The Labute approximate surface area is 155 Å². The molecule has 1 N–H and O–H groups in total. The summed E-state index contributed by atoms with van der Waals surface area (Å²) in [4.78, 5) is 14.6. The molecule has 1 atom stereocenters. The molecule has 0 radical (unpaired) electrons. The molecule has 2 aromatic carbocycles. The highest BCUT2D eigenvalue weighted by Gasteiger charge is 2.30. The van der Waals surface area contributed by atoms with Gasteiger partial charge in [0.15, 0.2) is 0 Å². The number of benzene rings is 2. The zero-order chi connectivity index (χ0) is 18.9. The van der Waals surface area contributed by atoms with E-state index >= 15 is 0 Å². The minimum atomic E-state index is -3.61. The average Bonchev–Trinajstić information content (AvgIpc) is 2.92. The smallest absolute Gasteiger partial charge is 0.240 e. The maximum atomic E-state index is 12.6. The molecule has 5 nitrogen and oxygen atoms in total. The minimum absolute atomic E-state index is 0.0646. The summed E-state index contributed by atoms with van der Waals surface area (Å²) in [6.45, 7) is 5.91. The van der Waals surface area contributed by atoms with Crippen molar-refractivity contribution in [2.24, 2.45) is 0 Å². The number of sulfonamides is 1. The summed E-state index contributed by atoms with van der Waals surface area (Å²) < 4.78 is 27.4. The van der Waals surface area contributed by atoms with Crippen molar-refractivity contribution < 1.29 is 13.2 Å². The second kappa shape index (κ2) is 7.21. The first-order chi connectivity index (χ1) is 12.3. The molecule has 0 fully saturated rings. The molecule has 1 amide bonds. The number of hydrogen-bond donors (Lipinski definition) is 1. The fourth-order valence-corrected chi connectivity index (χ4v) is 4.44. The van der Waals surface area contributed by atoms with Gasteiger partial charge < -0.3 is 4.90 Å². The Balaban J connectivity index is 1.64. The number of carbonyl (C=O) groups excluding carboxylic acids is 1. The Kier molecular flexibility index (Phi) is 5.16. The van der Waals surface area contributed by atoms with Crippen LogP contribution in [0.1, 0.15) is 30.0 Å². The van der Waals surface area contributed by atoms with Crippen LogP contribution in [-0.4, -0.2) is 26.9 Å². The Morgan fingerprint density at radius 2 is 1.88 bits per heavy atom. The SMILES string of the molecule is Cc1ccc(S(=O)(=O)NCCC(=O)N2c3ccccc3CC2C)cc1C.